The lowest BCUT2D eigenvalue weighted by Crippen LogP contribution is -2.40. The number of aliphatic hydroxyl groups is 1. The topological polar surface area (TPSA) is 65.5 Å². The minimum Gasteiger partial charge on any atom is -0.388 e. The number of carbonyl (C=O) groups excluding carboxylic acids is 1. The van der Waals surface area contributed by atoms with E-state index in [0.29, 0.717) is 19.5 Å². The number of hydrogen-bond donors (Lipinski definition) is 2. The average Bonchev–Trinajstić information content (AvgIpc) is 3.08. The number of benzene rings is 1. The Bertz CT molecular complexity index is 663. The molecule has 5 nitrogen and oxygen atoms in total. The minimum atomic E-state index is -0.481. The van der Waals surface area contributed by atoms with Gasteiger partial charge in [-0.15, -0.1) is 0 Å². The Kier molecular flexibility index (Phi) is 6.14. The number of aliphatic hydroxyl groups excluding tert-OH is 1. The summed E-state index contributed by atoms with van der Waals surface area (Å²) in [7, 11) is 0. The van der Waals surface area contributed by atoms with E-state index in [9.17, 15) is 9.90 Å². The first-order valence-electron chi connectivity index (χ1n) is 8.85. The maximum atomic E-state index is 12.2. The molecular weight excluding hydrogens is 314 g/mol. The van der Waals surface area contributed by atoms with Crippen molar-refractivity contribution < 1.29 is 9.90 Å². The van der Waals surface area contributed by atoms with Crippen molar-refractivity contribution in [2.24, 2.45) is 0 Å². The standard InChI is InChI=1S/C20H25N3O2/c24-19(17-7-2-1-3-8-17)12-18-9-5-11-23(18)15-20(25)22-14-16-6-4-10-21-13-16/h1-4,6-8,10,13,18-19,24H,5,9,11-12,14-15H2,(H,22,25)/t18-,19-/m1/s1. The molecule has 0 saturated carbocycles. The van der Waals surface area contributed by atoms with Crippen molar-refractivity contribution in [2.75, 3.05) is 13.1 Å². The van der Waals surface area contributed by atoms with Crippen LogP contribution in [0, 0.1) is 0 Å². The summed E-state index contributed by atoms with van der Waals surface area (Å²) in [6.45, 7) is 1.79. The molecule has 0 bridgehead atoms. The van der Waals surface area contributed by atoms with Crippen LogP contribution in [-0.4, -0.2) is 40.0 Å². The van der Waals surface area contributed by atoms with Gasteiger partial charge in [0, 0.05) is 25.0 Å². The molecule has 2 N–H and O–H groups in total. The van der Waals surface area contributed by atoms with E-state index >= 15 is 0 Å². The molecule has 0 spiro atoms. The number of rotatable bonds is 7. The minimum absolute atomic E-state index is 0.0185. The van der Waals surface area contributed by atoms with E-state index in [1.165, 1.54) is 0 Å². The highest BCUT2D eigenvalue weighted by Gasteiger charge is 2.28. The predicted octanol–water partition coefficient (Wildman–Crippen LogP) is 2.29. The molecule has 5 heteroatoms. The van der Waals surface area contributed by atoms with Gasteiger partial charge in [0.25, 0.3) is 0 Å². The van der Waals surface area contributed by atoms with Crippen LogP contribution in [0.3, 0.4) is 0 Å². The molecule has 1 aliphatic rings. The number of nitrogens with zero attached hydrogens (tertiary/aromatic N) is 2. The van der Waals surface area contributed by atoms with Gasteiger partial charge in [-0.1, -0.05) is 36.4 Å². The quantitative estimate of drug-likeness (QED) is 0.812. The number of nitrogens with one attached hydrogen (secondary N) is 1. The first kappa shape index (κ1) is 17.6. The van der Waals surface area contributed by atoms with Gasteiger partial charge in [-0.2, -0.15) is 0 Å². The zero-order valence-corrected chi connectivity index (χ0v) is 14.3. The molecule has 2 atom stereocenters. The third-order valence-electron chi connectivity index (χ3n) is 4.74. The summed E-state index contributed by atoms with van der Waals surface area (Å²) in [4.78, 5) is 18.5. The maximum absolute atomic E-state index is 12.2. The van der Waals surface area contributed by atoms with Crippen molar-refractivity contribution in [2.45, 2.75) is 38.0 Å². The van der Waals surface area contributed by atoms with E-state index in [1.807, 2.05) is 42.5 Å². The van der Waals surface area contributed by atoms with Gasteiger partial charge in [0.15, 0.2) is 0 Å². The fourth-order valence-electron chi connectivity index (χ4n) is 3.38. The van der Waals surface area contributed by atoms with Crippen LogP contribution in [0.1, 0.15) is 36.5 Å². The molecule has 25 heavy (non-hydrogen) atoms. The van der Waals surface area contributed by atoms with E-state index in [2.05, 4.69) is 15.2 Å². The molecule has 1 aliphatic heterocycles. The molecule has 0 radical (unpaired) electrons. The Morgan fingerprint density at radius 2 is 2.12 bits per heavy atom. The zero-order valence-electron chi connectivity index (χ0n) is 14.3. The van der Waals surface area contributed by atoms with Gasteiger partial charge in [0.2, 0.25) is 5.91 Å². The molecule has 1 fully saturated rings. The van der Waals surface area contributed by atoms with Crippen molar-refractivity contribution in [3.8, 4) is 0 Å². The second kappa shape index (κ2) is 8.74. The number of amides is 1. The smallest absolute Gasteiger partial charge is 0.234 e. The summed E-state index contributed by atoms with van der Waals surface area (Å²) in [5.74, 6) is 0.0185. The highest BCUT2D eigenvalue weighted by Crippen LogP contribution is 2.27. The Balaban J connectivity index is 1.48. The Labute approximate surface area is 148 Å². The highest BCUT2D eigenvalue weighted by molar-refractivity contribution is 5.78. The number of hydrogen-bond acceptors (Lipinski definition) is 4. The van der Waals surface area contributed by atoms with Gasteiger partial charge in [-0.05, 0) is 43.0 Å². The maximum Gasteiger partial charge on any atom is 0.234 e. The van der Waals surface area contributed by atoms with E-state index in [4.69, 9.17) is 0 Å². The lowest BCUT2D eigenvalue weighted by molar-refractivity contribution is -0.122. The Hall–Kier alpha value is -2.24. The number of aromatic nitrogens is 1. The molecular formula is C20H25N3O2. The number of pyridine rings is 1. The van der Waals surface area contributed by atoms with Crippen molar-refractivity contribution >= 4 is 5.91 Å². The van der Waals surface area contributed by atoms with E-state index in [1.54, 1.807) is 12.4 Å². The second-order valence-corrected chi connectivity index (χ2v) is 6.57. The molecule has 1 aromatic carbocycles. The fourth-order valence-corrected chi connectivity index (χ4v) is 3.38. The monoisotopic (exact) mass is 339 g/mol. The van der Waals surface area contributed by atoms with Gasteiger partial charge in [-0.25, -0.2) is 0 Å². The molecule has 2 heterocycles. The lowest BCUT2D eigenvalue weighted by atomic mass is 10.0. The van der Waals surface area contributed by atoms with Crippen LogP contribution < -0.4 is 5.32 Å². The summed E-state index contributed by atoms with van der Waals surface area (Å²) < 4.78 is 0. The number of likely N-dealkylation sites (tertiary alicyclic amines) is 1. The van der Waals surface area contributed by atoms with Crippen molar-refractivity contribution in [1.82, 2.24) is 15.2 Å². The number of carbonyl (C=O) groups is 1. The van der Waals surface area contributed by atoms with Gasteiger partial charge < -0.3 is 10.4 Å². The van der Waals surface area contributed by atoms with Gasteiger partial charge in [0.05, 0.1) is 12.6 Å². The fraction of sp³-hybridized carbons (Fsp3) is 0.400. The molecule has 0 aliphatic carbocycles. The summed E-state index contributed by atoms with van der Waals surface area (Å²) in [5.41, 5.74) is 1.93. The zero-order chi connectivity index (χ0) is 17.5. The summed E-state index contributed by atoms with van der Waals surface area (Å²) in [6.07, 6.45) is 5.76. The molecule has 2 aromatic rings. The van der Waals surface area contributed by atoms with Crippen LogP contribution in [0.4, 0.5) is 0 Å². The van der Waals surface area contributed by atoms with Gasteiger partial charge in [0.1, 0.15) is 0 Å². The summed E-state index contributed by atoms with van der Waals surface area (Å²) >= 11 is 0. The van der Waals surface area contributed by atoms with Crippen LogP contribution in [0.2, 0.25) is 0 Å². The first-order valence-corrected chi connectivity index (χ1v) is 8.85. The van der Waals surface area contributed by atoms with Crippen LogP contribution in [-0.2, 0) is 11.3 Å². The predicted molar refractivity (Wildman–Crippen MR) is 96.7 cm³/mol. The van der Waals surface area contributed by atoms with E-state index in [0.717, 1.165) is 30.5 Å². The second-order valence-electron chi connectivity index (χ2n) is 6.57. The van der Waals surface area contributed by atoms with Crippen LogP contribution in [0.15, 0.2) is 54.9 Å². The largest absolute Gasteiger partial charge is 0.388 e. The Morgan fingerprint density at radius 1 is 1.28 bits per heavy atom. The third-order valence-corrected chi connectivity index (χ3v) is 4.74. The third kappa shape index (κ3) is 5.11. The molecule has 132 valence electrons. The van der Waals surface area contributed by atoms with Crippen LogP contribution >= 0.6 is 0 Å². The lowest BCUT2D eigenvalue weighted by Gasteiger charge is -2.26. The van der Waals surface area contributed by atoms with E-state index in [-0.39, 0.29) is 11.9 Å². The molecule has 0 unspecified atom stereocenters. The molecule has 1 amide bonds. The average molecular weight is 339 g/mol. The Morgan fingerprint density at radius 3 is 2.88 bits per heavy atom. The van der Waals surface area contributed by atoms with Crippen molar-refractivity contribution in [3.05, 3.63) is 66.0 Å². The normalized spacial score (nSPS) is 18.8. The van der Waals surface area contributed by atoms with Gasteiger partial charge in [-0.3, -0.25) is 14.7 Å². The SMILES string of the molecule is O=C(CN1CCC[C@@H]1C[C@@H](O)c1ccccc1)NCc1cccnc1. The van der Waals surface area contributed by atoms with Crippen molar-refractivity contribution in [1.29, 1.82) is 0 Å². The molecule has 3 rings (SSSR count). The first-order chi connectivity index (χ1) is 12.2. The van der Waals surface area contributed by atoms with E-state index < -0.39 is 6.10 Å². The summed E-state index contributed by atoms with van der Waals surface area (Å²) in [5, 5.41) is 13.4. The van der Waals surface area contributed by atoms with Crippen LogP contribution in [0.5, 0.6) is 0 Å². The highest BCUT2D eigenvalue weighted by atomic mass is 16.3. The molecule has 1 aromatic heterocycles. The van der Waals surface area contributed by atoms with Crippen LogP contribution in [0.25, 0.3) is 0 Å². The van der Waals surface area contributed by atoms with Gasteiger partial charge >= 0.3 is 0 Å². The summed E-state index contributed by atoms with van der Waals surface area (Å²) in [6, 6.07) is 13.8. The molecule has 1 saturated heterocycles. The van der Waals surface area contributed by atoms with Crippen molar-refractivity contribution in [3.63, 3.8) is 0 Å².